The van der Waals surface area contributed by atoms with Gasteiger partial charge in [0, 0.05) is 16.0 Å². The summed E-state index contributed by atoms with van der Waals surface area (Å²) in [7, 11) is 0. The molecule has 1 aromatic carbocycles. The summed E-state index contributed by atoms with van der Waals surface area (Å²) < 4.78 is 0.788. The number of thiazole rings is 1. The predicted octanol–water partition coefficient (Wildman–Crippen LogP) is 4.74. The summed E-state index contributed by atoms with van der Waals surface area (Å²) in [5.74, 6) is -0.107. The molecule has 0 aliphatic heterocycles. The van der Waals surface area contributed by atoms with Gasteiger partial charge < -0.3 is 5.32 Å². The van der Waals surface area contributed by atoms with E-state index in [-0.39, 0.29) is 11.2 Å². The van der Waals surface area contributed by atoms with E-state index < -0.39 is 0 Å². The van der Waals surface area contributed by atoms with Gasteiger partial charge in [-0.15, -0.1) is 21.5 Å². The summed E-state index contributed by atoms with van der Waals surface area (Å²) in [6.45, 7) is 3.73. The van der Waals surface area contributed by atoms with Crippen LogP contribution in [0, 0.1) is 6.92 Å². The molecule has 9 heteroatoms. The molecule has 5 nitrogen and oxygen atoms in total. The first kappa shape index (κ1) is 17.3. The summed E-state index contributed by atoms with van der Waals surface area (Å²) in [5, 5.41) is 14.6. The first-order valence-electron chi connectivity index (χ1n) is 7.00. The van der Waals surface area contributed by atoms with Crippen LogP contribution >= 0.6 is 46.0 Å². The molecule has 1 N–H and O–H groups in total. The lowest BCUT2D eigenvalue weighted by Crippen LogP contribution is -2.22. The largest absolute Gasteiger partial charge is 0.301 e. The third kappa shape index (κ3) is 4.32. The van der Waals surface area contributed by atoms with Crippen LogP contribution in [0.15, 0.2) is 34.0 Å². The number of carbonyl (C=O) groups is 1. The molecular formula is C15H13ClN4OS3. The number of amides is 1. The fraction of sp³-hybridized carbons (Fsp3) is 0.200. The van der Waals surface area contributed by atoms with Gasteiger partial charge in [-0.2, -0.15) is 0 Å². The van der Waals surface area contributed by atoms with Crippen LogP contribution in [0.3, 0.4) is 0 Å². The zero-order valence-electron chi connectivity index (χ0n) is 12.8. The molecule has 0 spiro atoms. The number of hydrogen-bond donors (Lipinski definition) is 1. The van der Waals surface area contributed by atoms with Crippen LogP contribution < -0.4 is 5.32 Å². The smallest absolute Gasteiger partial charge is 0.239 e. The van der Waals surface area contributed by atoms with Crippen LogP contribution in [0.5, 0.6) is 0 Å². The average molecular weight is 397 g/mol. The Balaban J connectivity index is 1.63. The Morgan fingerprint density at radius 3 is 2.71 bits per heavy atom. The fourth-order valence-electron chi connectivity index (χ4n) is 1.82. The van der Waals surface area contributed by atoms with E-state index in [2.05, 4.69) is 20.5 Å². The van der Waals surface area contributed by atoms with Gasteiger partial charge in [-0.25, -0.2) is 4.98 Å². The highest BCUT2D eigenvalue weighted by Gasteiger charge is 2.18. The second-order valence-electron chi connectivity index (χ2n) is 4.88. The summed E-state index contributed by atoms with van der Waals surface area (Å²) in [4.78, 5) is 16.7. The molecule has 0 aliphatic carbocycles. The molecule has 0 saturated heterocycles. The van der Waals surface area contributed by atoms with Crippen LogP contribution in [-0.4, -0.2) is 26.3 Å². The minimum Gasteiger partial charge on any atom is -0.301 e. The van der Waals surface area contributed by atoms with Crippen molar-refractivity contribution in [1.82, 2.24) is 15.2 Å². The molecule has 124 valence electrons. The Morgan fingerprint density at radius 1 is 1.29 bits per heavy atom. The number of thioether (sulfide) groups is 1. The number of anilines is 1. The standard InChI is InChI=1S/C15H13ClN4OS3/c1-8(23-15-20-19-9(2)24-15)13(21)18-14-17-12(7-22-14)10-3-5-11(16)6-4-10/h3-8H,1-2H3,(H,17,18,21). The minimum atomic E-state index is -0.278. The summed E-state index contributed by atoms with van der Waals surface area (Å²) in [6, 6.07) is 7.44. The number of carbonyl (C=O) groups excluding carboxylic acids is 1. The first-order chi connectivity index (χ1) is 11.5. The Morgan fingerprint density at radius 2 is 2.04 bits per heavy atom. The number of aryl methyl sites for hydroxylation is 1. The minimum absolute atomic E-state index is 0.107. The second kappa shape index (κ2) is 7.60. The molecular weight excluding hydrogens is 384 g/mol. The van der Waals surface area contributed by atoms with Gasteiger partial charge in [0.15, 0.2) is 9.47 Å². The fourth-order valence-corrected chi connectivity index (χ4v) is 4.63. The SMILES string of the molecule is Cc1nnc(SC(C)C(=O)Nc2nc(-c3ccc(Cl)cc3)cs2)s1. The van der Waals surface area contributed by atoms with Gasteiger partial charge in [0.25, 0.3) is 0 Å². The molecule has 0 saturated carbocycles. The van der Waals surface area contributed by atoms with E-state index in [0.29, 0.717) is 10.2 Å². The Kier molecular flexibility index (Phi) is 5.50. The van der Waals surface area contributed by atoms with Gasteiger partial charge in [-0.05, 0) is 26.0 Å². The predicted molar refractivity (Wildman–Crippen MR) is 101 cm³/mol. The maximum absolute atomic E-state index is 12.3. The second-order valence-corrected chi connectivity index (χ2v) is 8.95. The molecule has 0 radical (unpaired) electrons. The van der Waals surface area contributed by atoms with Gasteiger partial charge in [-0.1, -0.05) is 46.8 Å². The van der Waals surface area contributed by atoms with Crippen molar-refractivity contribution in [3.63, 3.8) is 0 Å². The topological polar surface area (TPSA) is 67.8 Å². The van der Waals surface area contributed by atoms with Crippen molar-refractivity contribution in [2.24, 2.45) is 0 Å². The van der Waals surface area contributed by atoms with E-state index in [0.717, 1.165) is 20.6 Å². The molecule has 1 atom stereocenters. The highest BCUT2D eigenvalue weighted by Crippen LogP contribution is 2.29. The van der Waals surface area contributed by atoms with Crippen molar-refractivity contribution in [2.45, 2.75) is 23.4 Å². The maximum atomic E-state index is 12.3. The summed E-state index contributed by atoms with van der Waals surface area (Å²) in [6.07, 6.45) is 0. The first-order valence-corrected chi connectivity index (χ1v) is 9.96. The number of nitrogens with zero attached hydrogens (tertiary/aromatic N) is 3. The van der Waals surface area contributed by atoms with Crippen LogP contribution in [0.1, 0.15) is 11.9 Å². The normalized spacial score (nSPS) is 12.1. The van der Waals surface area contributed by atoms with E-state index >= 15 is 0 Å². The molecule has 3 rings (SSSR count). The monoisotopic (exact) mass is 396 g/mol. The van der Waals surface area contributed by atoms with Gasteiger partial charge >= 0.3 is 0 Å². The van der Waals surface area contributed by atoms with E-state index in [9.17, 15) is 4.79 Å². The third-order valence-corrected chi connectivity index (χ3v) is 6.06. The number of rotatable bonds is 5. The highest BCUT2D eigenvalue weighted by molar-refractivity contribution is 8.02. The highest BCUT2D eigenvalue weighted by atomic mass is 35.5. The van der Waals surface area contributed by atoms with E-state index in [1.54, 1.807) is 0 Å². The third-order valence-electron chi connectivity index (χ3n) is 3.03. The van der Waals surface area contributed by atoms with Crippen molar-refractivity contribution >= 4 is 57.1 Å². The van der Waals surface area contributed by atoms with Crippen molar-refractivity contribution in [1.29, 1.82) is 0 Å². The molecule has 0 aliphatic rings. The quantitative estimate of drug-likeness (QED) is 0.630. The lowest BCUT2D eigenvalue weighted by molar-refractivity contribution is -0.115. The lowest BCUT2D eigenvalue weighted by Gasteiger charge is -2.07. The molecule has 0 fully saturated rings. The van der Waals surface area contributed by atoms with Crippen molar-refractivity contribution < 1.29 is 4.79 Å². The molecule has 0 bridgehead atoms. The molecule has 3 aromatic rings. The van der Waals surface area contributed by atoms with Gasteiger partial charge in [0.2, 0.25) is 5.91 Å². The molecule has 1 unspecified atom stereocenters. The number of halogens is 1. The average Bonchev–Trinajstić information content (AvgIpc) is 3.17. The molecule has 2 aromatic heterocycles. The number of nitrogens with one attached hydrogen (secondary N) is 1. The van der Waals surface area contributed by atoms with Crippen LogP contribution in [-0.2, 0) is 4.79 Å². The zero-order chi connectivity index (χ0) is 17.1. The Bertz CT molecular complexity index is 847. The zero-order valence-corrected chi connectivity index (χ0v) is 16.0. The van der Waals surface area contributed by atoms with Gasteiger partial charge in [-0.3, -0.25) is 4.79 Å². The Hall–Kier alpha value is -1.48. The van der Waals surface area contributed by atoms with Gasteiger partial charge in [0.05, 0.1) is 10.9 Å². The van der Waals surface area contributed by atoms with Crippen molar-refractivity contribution in [3.8, 4) is 11.3 Å². The number of aromatic nitrogens is 3. The van der Waals surface area contributed by atoms with Crippen LogP contribution in [0.4, 0.5) is 5.13 Å². The van der Waals surface area contributed by atoms with E-state index in [1.807, 2.05) is 43.5 Å². The number of hydrogen-bond acceptors (Lipinski definition) is 7. The summed E-state index contributed by atoms with van der Waals surface area (Å²) >= 11 is 10.2. The van der Waals surface area contributed by atoms with Gasteiger partial charge in [0.1, 0.15) is 5.01 Å². The van der Waals surface area contributed by atoms with Crippen LogP contribution in [0.25, 0.3) is 11.3 Å². The van der Waals surface area contributed by atoms with Crippen molar-refractivity contribution in [3.05, 3.63) is 39.7 Å². The van der Waals surface area contributed by atoms with Crippen molar-refractivity contribution in [2.75, 3.05) is 5.32 Å². The molecule has 2 heterocycles. The Labute approximate surface area is 156 Å². The molecule has 1 amide bonds. The van der Waals surface area contributed by atoms with E-state index in [1.165, 1.54) is 34.4 Å². The number of benzene rings is 1. The van der Waals surface area contributed by atoms with Crippen LogP contribution in [0.2, 0.25) is 5.02 Å². The molecule has 24 heavy (non-hydrogen) atoms. The summed E-state index contributed by atoms with van der Waals surface area (Å²) in [5.41, 5.74) is 1.77. The maximum Gasteiger partial charge on any atom is 0.239 e. The van der Waals surface area contributed by atoms with E-state index in [4.69, 9.17) is 11.6 Å². The lowest BCUT2D eigenvalue weighted by atomic mass is 10.2.